The number of benzene rings is 1. The molecule has 2 heterocycles. The van der Waals surface area contributed by atoms with Gasteiger partial charge in [-0.3, -0.25) is 4.90 Å². The van der Waals surface area contributed by atoms with Crippen molar-refractivity contribution in [3.63, 3.8) is 0 Å². The minimum atomic E-state index is 0.510. The molecule has 0 spiro atoms. The van der Waals surface area contributed by atoms with Crippen LogP contribution in [0.15, 0.2) is 24.3 Å². The van der Waals surface area contributed by atoms with E-state index in [1.807, 2.05) is 0 Å². The van der Waals surface area contributed by atoms with Crippen LogP contribution < -0.4 is 15.1 Å². The zero-order valence-corrected chi connectivity index (χ0v) is 20.1. The van der Waals surface area contributed by atoms with Crippen LogP contribution in [0.25, 0.3) is 0 Å². The van der Waals surface area contributed by atoms with E-state index >= 15 is 0 Å². The fourth-order valence-electron chi connectivity index (χ4n) is 4.30. The van der Waals surface area contributed by atoms with Crippen molar-refractivity contribution in [3.05, 3.63) is 35.4 Å². The normalized spacial score (nSPS) is 13.8. The van der Waals surface area contributed by atoms with E-state index in [4.69, 9.17) is 15.0 Å². The molecule has 1 N–H and O–H groups in total. The van der Waals surface area contributed by atoms with Crippen LogP contribution in [0.5, 0.6) is 0 Å². The highest BCUT2D eigenvalue weighted by Crippen LogP contribution is 2.24. The Labute approximate surface area is 187 Å². The van der Waals surface area contributed by atoms with Gasteiger partial charge in [-0.05, 0) is 59.1 Å². The van der Waals surface area contributed by atoms with E-state index in [0.717, 1.165) is 57.6 Å². The van der Waals surface area contributed by atoms with Gasteiger partial charge < -0.3 is 15.1 Å². The summed E-state index contributed by atoms with van der Waals surface area (Å²) in [7, 11) is 0. The van der Waals surface area contributed by atoms with Gasteiger partial charge in [0, 0.05) is 51.4 Å². The largest absolute Gasteiger partial charge is 0.353 e. The molecule has 7 nitrogen and oxygen atoms in total. The summed E-state index contributed by atoms with van der Waals surface area (Å²) >= 11 is 0. The summed E-state index contributed by atoms with van der Waals surface area (Å²) in [6.45, 7) is 18.5. The van der Waals surface area contributed by atoms with Gasteiger partial charge >= 0.3 is 0 Å². The maximum absolute atomic E-state index is 4.85. The Morgan fingerprint density at radius 1 is 0.968 bits per heavy atom. The lowest BCUT2D eigenvalue weighted by atomic mass is 10.0. The van der Waals surface area contributed by atoms with Crippen molar-refractivity contribution < 1.29 is 0 Å². The van der Waals surface area contributed by atoms with E-state index in [1.165, 1.54) is 11.1 Å². The minimum Gasteiger partial charge on any atom is -0.353 e. The average molecular weight is 426 g/mol. The third-order valence-corrected chi connectivity index (χ3v) is 6.05. The second-order valence-corrected chi connectivity index (χ2v) is 8.72. The molecule has 1 aromatic heterocycles. The van der Waals surface area contributed by atoms with E-state index in [1.54, 1.807) is 0 Å². The van der Waals surface area contributed by atoms with Crippen LogP contribution in [0.4, 0.5) is 17.8 Å². The van der Waals surface area contributed by atoms with Gasteiger partial charge in [0.15, 0.2) is 0 Å². The topological polar surface area (TPSA) is 60.4 Å². The maximum atomic E-state index is 4.85. The summed E-state index contributed by atoms with van der Waals surface area (Å²) in [5.74, 6) is 2.18. The molecule has 0 aliphatic carbocycles. The van der Waals surface area contributed by atoms with Crippen LogP contribution in [-0.4, -0.2) is 64.7 Å². The molecule has 0 radical (unpaired) electrons. The zero-order chi connectivity index (χ0) is 22.4. The lowest BCUT2D eigenvalue weighted by molar-refractivity contribution is 0.182. The third-order valence-electron chi connectivity index (χ3n) is 6.05. The smallest absolute Gasteiger partial charge is 0.232 e. The summed E-state index contributed by atoms with van der Waals surface area (Å²) in [6, 6.07) is 9.68. The molecular formula is C24H39N7. The molecule has 0 unspecified atom stereocenters. The summed E-state index contributed by atoms with van der Waals surface area (Å²) < 4.78 is 0. The summed E-state index contributed by atoms with van der Waals surface area (Å²) in [5, 5.41) is 3.47. The van der Waals surface area contributed by atoms with Gasteiger partial charge in [0.2, 0.25) is 17.8 Å². The second kappa shape index (κ2) is 10.8. The first-order chi connectivity index (χ1) is 14.9. The fourth-order valence-corrected chi connectivity index (χ4v) is 4.30. The van der Waals surface area contributed by atoms with E-state index < -0.39 is 0 Å². The second-order valence-electron chi connectivity index (χ2n) is 8.72. The molecule has 0 fully saturated rings. The van der Waals surface area contributed by atoms with E-state index in [0.29, 0.717) is 18.0 Å². The lowest BCUT2D eigenvalue weighted by Gasteiger charge is -2.31. The van der Waals surface area contributed by atoms with Gasteiger partial charge in [0.1, 0.15) is 0 Å². The van der Waals surface area contributed by atoms with Gasteiger partial charge in [-0.15, -0.1) is 0 Å². The summed E-state index contributed by atoms with van der Waals surface area (Å²) in [6.07, 6.45) is 1.02. The van der Waals surface area contributed by atoms with Gasteiger partial charge in [0.25, 0.3) is 0 Å². The molecule has 0 atom stereocenters. The van der Waals surface area contributed by atoms with Crippen molar-refractivity contribution in [2.24, 2.45) is 0 Å². The highest BCUT2D eigenvalue weighted by molar-refractivity contribution is 5.47. The standard InChI is InChI=1S/C24H39N7/c1-7-29(8-2)23-26-22(25-14-16-31(18(3)4)19(5)6)27-24(28-23)30-15-13-20-11-9-10-12-21(20)17-30/h9-12,18-19H,7-8,13-17H2,1-6H3,(H,25,26,27,28). The Bertz CT molecular complexity index is 824. The SMILES string of the molecule is CCN(CC)c1nc(NCCN(C(C)C)C(C)C)nc(N2CCc3ccccc3C2)n1. The molecule has 1 aliphatic heterocycles. The van der Waals surface area contributed by atoms with Crippen molar-refractivity contribution in [2.75, 3.05) is 47.8 Å². The summed E-state index contributed by atoms with van der Waals surface area (Å²) in [5.41, 5.74) is 2.79. The molecule has 2 aromatic rings. The van der Waals surface area contributed by atoms with Crippen molar-refractivity contribution in [2.45, 2.75) is 66.6 Å². The number of fused-ring (bicyclic) bond motifs is 1. The predicted octanol–water partition coefficient (Wildman–Crippen LogP) is 3.81. The molecule has 1 aromatic carbocycles. The monoisotopic (exact) mass is 425 g/mol. The van der Waals surface area contributed by atoms with Crippen LogP contribution >= 0.6 is 0 Å². The first kappa shape index (κ1) is 23.3. The number of hydrogen-bond donors (Lipinski definition) is 1. The Morgan fingerprint density at radius 3 is 2.29 bits per heavy atom. The fraction of sp³-hybridized carbons (Fsp3) is 0.625. The van der Waals surface area contributed by atoms with Crippen LogP contribution in [0.1, 0.15) is 52.7 Å². The Morgan fingerprint density at radius 2 is 1.65 bits per heavy atom. The zero-order valence-electron chi connectivity index (χ0n) is 20.1. The van der Waals surface area contributed by atoms with Crippen LogP contribution in [0.3, 0.4) is 0 Å². The van der Waals surface area contributed by atoms with Crippen LogP contribution in [0.2, 0.25) is 0 Å². The molecule has 7 heteroatoms. The Hall–Kier alpha value is -2.41. The molecular weight excluding hydrogens is 386 g/mol. The van der Waals surface area contributed by atoms with Crippen molar-refractivity contribution in [1.29, 1.82) is 0 Å². The number of hydrogen-bond acceptors (Lipinski definition) is 7. The molecule has 3 rings (SSSR count). The molecule has 31 heavy (non-hydrogen) atoms. The molecule has 0 amide bonds. The Kier molecular flexibility index (Phi) is 8.07. The summed E-state index contributed by atoms with van der Waals surface area (Å²) in [4.78, 5) is 21.3. The van der Waals surface area contributed by atoms with Gasteiger partial charge in [-0.25, -0.2) is 0 Å². The van der Waals surface area contributed by atoms with Crippen molar-refractivity contribution in [1.82, 2.24) is 19.9 Å². The quantitative estimate of drug-likeness (QED) is 0.621. The maximum Gasteiger partial charge on any atom is 0.232 e. The predicted molar refractivity (Wildman–Crippen MR) is 130 cm³/mol. The van der Waals surface area contributed by atoms with E-state index in [2.05, 4.69) is 85.8 Å². The first-order valence-corrected chi connectivity index (χ1v) is 11.7. The molecule has 0 bridgehead atoms. The molecule has 170 valence electrons. The first-order valence-electron chi connectivity index (χ1n) is 11.7. The number of rotatable bonds is 10. The number of nitrogens with one attached hydrogen (secondary N) is 1. The van der Waals surface area contributed by atoms with Gasteiger partial charge in [-0.2, -0.15) is 15.0 Å². The highest BCUT2D eigenvalue weighted by atomic mass is 15.4. The minimum absolute atomic E-state index is 0.510. The number of nitrogens with zero attached hydrogens (tertiary/aromatic N) is 6. The highest BCUT2D eigenvalue weighted by Gasteiger charge is 2.21. The average Bonchev–Trinajstić information content (AvgIpc) is 2.76. The molecule has 1 aliphatic rings. The van der Waals surface area contributed by atoms with Gasteiger partial charge in [0.05, 0.1) is 0 Å². The van der Waals surface area contributed by atoms with E-state index in [-0.39, 0.29) is 0 Å². The van der Waals surface area contributed by atoms with Crippen molar-refractivity contribution in [3.8, 4) is 0 Å². The molecule has 0 saturated heterocycles. The third kappa shape index (κ3) is 5.85. The lowest BCUT2D eigenvalue weighted by Crippen LogP contribution is -2.40. The van der Waals surface area contributed by atoms with E-state index in [9.17, 15) is 0 Å². The van der Waals surface area contributed by atoms with Gasteiger partial charge in [-0.1, -0.05) is 24.3 Å². The molecule has 0 saturated carbocycles. The van der Waals surface area contributed by atoms with Crippen molar-refractivity contribution >= 4 is 17.8 Å². The number of anilines is 3. The van der Waals surface area contributed by atoms with Crippen LogP contribution in [0, 0.1) is 0 Å². The van der Waals surface area contributed by atoms with Crippen LogP contribution in [-0.2, 0) is 13.0 Å². The Balaban J connectivity index is 1.80. The number of aromatic nitrogens is 3.